The van der Waals surface area contributed by atoms with Crippen molar-refractivity contribution in [3.8, 4) is 11.1 Å². The number of benzene rings is 3. The predicted octanol–water partition coefficient (Wildman–Crippen LogP) is 4.85. The normalized spacial score (nSPS) is 12.4. The summed E-state index contributed by atoms with van der Waals surface area (Å²) in [4.78, 5) is 30.0. The third-order valence-corrected chi connectivity index (χ3v) is 9.26. The maximum atomic E-state index is 13.3. The van der Waals surface area contributed by atoms with Gasteiger partial charge in [0.1, 0.15) is 5.82 Å². The van der Waals surface area contributed by atoms with E-state index in [-0.39, 0.29) is 16.8 Å². The van der Waals surface area contributed by atoms with Crippen molar-refractivity contribution in [3.05, 3.63) is 83.2 Å². The van der Waals surface area contributed by atoms with Crippen molar-refractivity contribution in [1.82, 2.24) is 19.6 Å². The fraction of sp³-hybridized carbons (Fsp3) is 0.364. The van der Waals surface area contributed by atoms with Crippen LogP contribution in [0.4, 0.5) is 0 Å². The number of carbonyl (C=O) groups excluding carboxylic acids is 2. The molecular formula is C33H41N5O4S2. The molecule has 2 amide bonds. The third-order valence-electron chi connectivity index (χ3n) is 7.39. The van der Waals surface area contributed by atoms with Crippen LogP contribution in [-0.4, -0.2) is 48.1 Å². The predicted molar refractivity (Wildman–Crippen MR) is 178 cm³/mol. The molecule has 4 rings (SSSR count). The van der Waals surface area contributed by atoms with Gasteiger partial charge in [-0.05, 0) is 60.6 Å². The van der Waals surface area contributed by atoms with Crippen LogP contribution in [0.5, 0.6) is 0 Å². The Hall–Kier alpha value is -3.67. The van der Waals surface area contributed by atoms with Crippen molar-refractivity contribution >= 4 is 45.5 Å². The Morgan fingerprint density at radius 1 is 1.07 bits per heavy atom. The highest BCUT2D eigenvalue weighted by Crippen LogP contribution is 2.29. The molecule has 4 aromatic rings. The van der Waals surface area contributed by atoms with Gasteiger partial charge in [-0.15, -0.1) is 0 Å². The second kappa shape index (κ2) is 14.4. The summed E-state index contributed by atoms with van der Waals surface area (Å²) in [6.45, 7) is 8.44. The molecule has 0 aliphatic heterocycles. The van der Waals surface area contributed by atoms with E-state index in [2.05, 4.69) is 43.3 Å². The van der Waals surface area contributed by atoms with Gasteiger partial charge in [0.05, 0.1) is 22.5 Å². The average Bonchev–Trinajstić information content (AvgIpc) is 3.34. The number of hydrogen-bond donors (Lipinski definition) is 4. The summed E-state index contributed by atoms with van der Waals surface area (Å²) in [5, 5.41) is 3.14. The second-order valence-electron chi connectivity index (χ2n) is 11.4. The Labute approximate surface area is 265 Å². The van der Waals surface area contributed by atoms with Crippen molar-refractivity contribution in [3.63, 3.8) is 0 Å². The van der Waals surface area contributed by atoms with Gasteiger partial charge >= 0.3 is 0 Å². The number of nitrogens with one attached hydrogen (secondary N) is 2. The molecule has 0 bridgehead atoms. The van der Waals surface area contributed by atoms with Crippen LogP contribution in [0, 0.1) is 12.8 Å². The number of aromatic nitrogens is 2. The molecule has 3 aromatic carbocycles. The van der Waals surface area contributed by atoms with E-state index in [0.29, 0.717) is 34.9 Å². The molecule has 0 unspecified atom stereocenters. The molecule has 0 fully saturated rings. The van der Waals surface area contributed by atoms with E-state index in [1.165, 1.54) is 6.07 Å². The molecule has 1 heterocycles. The molecule has 1 aromatic heterocycles. The van der Waals surface area contributed by atoms with Gasteiger partial charge in [-0.25, -0.2) is 18.1 Å². The molecule has 44 heavy (non-hydrogen) atoms. The number of nitrogens with zero attached hydrogens (tertiary/aromatic N) is 2. The lowest BCUT2D eigenvalue weighted by Gasteiger charge is -2.19. The molecule has 0 radical (unpaired) electrons. The van der Waals surface area contributed by atoms with Crippen LogP contribution < -0.4 is 15.8 Å². The van der Waals surface area contributed by atoms with Crippen molar-refractivity contribution < 1.29 is 18.0 Å². The van der Waals surface area contributed by atoms with Crippen LogP contribution >= 0.6 is 12.6 Å². The lowest BCUT2D eigenvalue weighted by atomic mass is 10.0. The minimum Gasteiger partial charge on any atom is -0.348 e. The zero-order valence-electron chi connectivity index (χ0n) is 25.6. The van der Waals surface area contributed by atoms with Gasteiger partial charge in [-0.1, -0.05) is 63.2 Å². The van der Waals surface area contributed by atoms with Crippen molar-refractivity contribution in [1.29, 1.82) is 0 Å². The van der Waals surface area contributed by atoms with Crippen molar-refractivity contribution in [2.45, 2.75) is 64.4 Å². The summed E-state index contributed by atoms with van der Waals surface area (Å²) in [5.74, 6) is 1.04. The Kier molecular flexibility index (Phi) is 10.9. The van der Waals surface area contributed by atoms with E-state index in [9.17, 15) is 18.0 Å². The second-order valence-corrected chi connectivity index (χ2v) is 13.4. The summed E-state index contributed by atoms with van der Waals surface area (Å²) in [7, 11) is -4.10. The SMILES string of the molecule is CCCc1nc2c(C)cc(C(=O)N[C@@H](CS)CC(C)C)cc2n1Cc1ccc(-c2ccccc2S(=O)(=O)NC(=O)CN)cc1. The maximum absolute atomic E-state index is 13.3. The first-order valence-electron chi connectivity index (χ1n) is 14.8. The van der Waals surface area contributed by atoms with Gasteiger partial charge in [0, 0.05) is 35.9 Å². The number of thiol groups is 1. The van der Waals surface area contributed by atoms with Gasteiger partial charge in [0.15, 0.2) is 0 Å². The topological polar surface area (TPSA) is 136 Å². The quantitative estimate of drug-likeness (QED) is 0.155. The molecule has 0 spiro atoms. The number of carbonyl (C=O) groups is 2. The Morgan fingerprint density at radius 2 is 1.77 bits per heavy atom. The zero-order chi connectivity index (χ0) is 32.0. The fourth-order valence-electron chi connectivity index (χ4n) is 5.34. The summed E-state index contributed by atoms with van der Waals surface area (Å²) >= 11 is 4.44. The Bertz CT molecular complexity index is 1750. The van der Waals surface area contributed by atoms with Gasteiger partial charge in [-0.2, -0.15) is 12.6 Å². The smallest absolute Gasteiger partial charge is 0.264 e. The maximum Gasteiger partial charge on any atom is 0.264 e. The van der Waals surface area contributed by atoms with Gasteiger partial charge in [0.25, 0.3) is 15.9 Å². The molecule has 234 valence electrons. The molecule has 0 saturated carbocycles. The number of rotatable bonds is 13. The molecule has 0 saturated heterocycles. The average molecular weight is 636 g/mol. The van der Waals surface area contributed by atoms with Crippen LogP contribution in [0.1, 0.15) is 60.9 Å². The van der Waals surface area contributed by atoms with E-state index < -0.39 is 22.5 Å². The van der Waals surface area contributed by atoms with Crippen LogP contribution in [0.3, 0.4) is 0 Å². The van der Waals surface area contributed by atoms with E-state index >= 15 is 0 Å². The zero-order valence-corrected chi connectivity index (χ0v) is 27.3. The summed E-state index contributed by atoms with van der Waals surface area (Å²) in [5.41, 5.74) is 10.7. The highest BCUT2D eigenvalue weighted by Gasteiger charge is 2.22. The van der Waals surface area contributed by atoms with Gasteiger partial charge < -0.3 is 15.6 Å². The lowest BCUT2D eigenvalue weighted by Crippen LogP contribution is -2.37. The molecule has 1 atom stereocenters. The summed E-state index contributed by atoms with van der Waals surface area (Å²) in [6, 6.07) is 17.9. The number of sulfonamides is 1. The van der Waals surface area contributed by atoms with E-state index in [4.69, 9.17) is 10.7 Å². The number of aryl methyl sites for hydroxylation is 2. The minimum absolute atomic E-state index is 0.00443. The first kappa shape index (κ1) is 33.2. The Morgan fingerprint density at radius 3 is 2.41 bits per heavy atom. The molecular weight excluding hydrogens is 595 g/mol. The lowest BCUT2D eigenvalue weighted by molar-refractivity contribution is -0.118. The van der Waals surface area contributed by atoms with Gasteiger partial charge in [-0.3, -0.25) is 9.59 Å². The summed E-state index contributed by atoms with van der Waals surface area (Å²) < 4.78 is 30.0. The number of amides is 2. The molecule has 11 heteroatoms. The Balaban J connectivity index is 1.67. The van der Waals surface area contributed by atoms with E-state index in [0.717, 1.165) is 47.2 Å². The van der Waals surface area contributed by atoms with Crippen LogP contribution in [0.2, 0.25) is 0 Å². The highest BCUT2D eigenvalue weighted by atomic mass is 32.2. The fourth-order valence-corrected chi connectivity index (χ4v) is 6.80. The van der Waals surface area contributed by atoms with Crippen LogP contribution in [-0.2, 0) is 27.8 Å². The molecule has 0 aliphatic rings. The van der Waals surface area contributed by atoms with E-state index in [1.54, 1.807) is 18.2 Å². The van der Waals surface area contributed by atoms with Crippen molar-refractivity contribution in [2.75, 3.05) is 12.3 Å². The minimum atomic E-state index is -4.10. The van der Waals surface area contributed by atoms with Crippen molar-refractivity contribution in [2.24, 2.45) is 11.7 Å². The van der Waals surface area contributed by atoms with Gasteiger partial charge in [0.2, 0.25) is 5.91 Å². The monoisotopic (exact) mass is 635 g/mol. The molecule has 0 aliphatic carbocycles. The van der Waals surface area contributed by atoms with Crippen LogP contribution in [0.15, 0.2) is 65.6 Å². The standard InChI is InChI=1S/C33H41N5O4S2/c1-5-8-30-36-32-22(4)16-25(33(40)35-26(20-43)15-21(2)3)17-28(32)38(30)19-23-11-13-24(14-12-23)27-9-6-7-10-29(27)44(41,42)37-31(39)18-34/h6-7,9-14,16-17,21,26,43H,5,8,15,18-20,34H2,1-4H3,(H,35,40)(H,37,39)/t26-/m1/s1. The van der Waals surface area contributed by atoms with Crippen LogP contribution in [0.25, 0.3) is 22.2 Å². The first-order valence-corrected chi connectivity index (χ1v) is 16.9. The molecule has 4 N–H and O–H groups in total. The summed E-state index contributed by atoms with van der Waals surface area (Å²) in [6.07, 6.45) is 2.55. The third kappa shape index (κ3) is 7.69. The molecule has 9 nitrogen and oxygen atoms in total. The first-order chi connectivity index (χ1) is 21.0. The number of imidazole rings is 1. The highest BCUT2D eigenvalue weighted by molar-refractivity contribution is 7.90. The number of hydrogen-bond acceptors (Lipinski definition) is 7. The largest absolute Gasteiger partial charge is 0.348 e. The van der Waals surface area contributed by atoms with E-state index in [1.807, 2.05) is 48.0 Å². The number of fused-ring (bicyclic) bond motifs is 1. The number of nitrogens with two attached hydrogens (primary N) is 1.